The Morgan fingerprint density at radius 2 is 2.20 bits per heavy atom. The van der Waals surface area contributed by atoms with Gasteiger partial charge < -0.3 is 5.32 Å². The fraction of sp³-hybridized carbons (Fsp3) is 0.812. The molecule has 0 aromatic carbocycles. The van der Waals surface area contributed by atoms with Crippen LogP contribution in [-0.2, 0) is 0 Å². The van der Waals surface area contributed by atoms with Crippen molar-refractivity contribution in [1.82, 2.24) is 15.1 Å². The van der Waals surface area contributed by atoms with E-state index in [-0.39, 0.29) is 0 Å². The molecule has 2 bridgehead atoms. The van der Waals surface area contributed by atoms with Gasteiger partial charge in [0.1, 0.15) is 0 Å². The molecule has 2 aliphatic rings. The maximum atomic E-state index is 4.54. The minimum atomic E-state index is 0.409. The van der Waals surface area contributed by atoms with E-state index in [9.17, 15) is 0 Å². The maximum absolute atomic E-state index is 4.54. The highest BCUT2D eigenvalue weighted by Crippen LogP contribution is 2.51. The predicted octanol–water partition coefficient (Wildman–Crippen LogP) is 4.31. The lowest BCUT2D eigenvalue weighted by molar-refractivity contribution is 0.276. The Bertz CT molecular complexity index is 468. The number of hydrogen-bond donors (Lipinski definition) is 1. The molecular formula is C16H26BrN3. The summed E-state index contributed by atoms with van der Waals surface area (Å²) < 4.78 is 3.31. The molecule has 4 heteroatoms. The van der Waals surface area contributed by atoms with E-state index in [4.69, 9.17) is 0 Å². The summed E-state index contributed by atoms with van der Waals surface area (Å²) in [6.07, 6.45) is 9.10. The SMILES string of the molecule is CNC(CC1CC2CCC1C2)c1c(Br)cnn1C(C)C. The van der Waals surface area contributed by atoms with Gasteiger partial charge in [-0.3, -0.25) is 4.68 Å². The number of rotatable bonds is 5. The molecule has 20 heavy (non-hydrogen) atoms. The van der Waals surface area contributed by atoms with Crippen LogP contribution in [0.2, 0.25) is 0 Å². The molecule has 1 heterocycles. The first-order chi connectivity index (χ1) is 9.60. The van der Waals surface area contributed by atoms with Crippen LogP contribution in [0, 0.1) is 17.8 Å². The first-order valence-electron chi connectivity index (χ1n) is 8.00. The fourth-order valence-corrected chi connectivity index (χ4v) is 4.97. The normalized spacial score (nSPS) is 30.4. The smallest absolute Gasteiger partial charge is 0.0698 e. The molecule has 2 aliphatic carbocycles. The van der Waals surface area contributed by atoms with Gasteiger partial charge in [0.25, 0.3) is 0 Å². The van der Waals surface area contributed by atoms with Gasteiger partial charge in [0, 0.05) is 6.04 Å². The number of fused-ring (bicyclic) bond motifs is 2. The number of nitrogens with zero attached hydrogens (tertiary/aromatic N) is 2. The first-order valence-corrected chi connectivity index (χ1v) is 8.79. The van der Waals surface area contributed by atoms with Crippen LogP contribution in [0.25, 0.3) is 0 Å². The zero-order chi connectivity index (χ0) is 14.3. The van der Waals surface area contributed by atoms with Crippen molar-refractivity contribution in [3.8, 4) is 0 Å². The van der Waals surface area contributed by atoms with Crippen LogP contribution in [0.15, 0.2) is 10.7 Å². The van der Waals surface area contributed by atoms with Crippen LogP contribution in [0.5, 0.6) is 0 Å². The van der Waals surface area contributed by atoms with Gasteiger partial charge in [-0.15, -0.1) is 0 Å². The maximum Gasteiger partial charge on any atom is 0.0698 e. The van der Waals surface area contributed by atoms with E-state index in [0.29, 0.717) is 12.1 Å². The van der Waals surface area contributed by atoms with Crippen molar-refractivity contribution < 1.29 is 0 Å². The van der Waals surface area contributed by atoms with Gasteiger partial charge in [0.15, 0.2) is 0 Å². The van der Waals surface area contributed by atoms with Crippen LogP contribution in [0.3, 0.4) is 0 Å². The average Bonchev–Trinajstić information content (AvgIpc) is 3.10. The van der Waals surface area contributed by atoms with Gasteiger partial charge in [-0.1, -0.05) is 6.42 Å². The van der Waals surface area contributed by atoms with Crippen molar-refractivity contribution in [2.24, 2.45) is 17.8 Å². The summed E-state index contributed by atoms with van der Waals surface area (Å²) in [5, 5.41) is 8.07. The van der Waals surface area contributed by atoms with Crippen LogP contribution in [-0.4, -0.2) is 16.8 Å². The van der Waals surface area contributed by atoms with Gasteiger partial charge >= 0.3 is 0 Å². The molecule has 0 radical (unpaired) electrons. The molecule has 3 nitrogen and oxygen atoms in total. The number of nitrogens with one attached hydrogen (secondary N) is 1. The van der Waals surface area contributed by atoms with E-state index < -0.39 is 0 Å². The second-order valence-corrected chi connectivity index (χ2v) is 7.78. The van der Waals surface area contributed by atoms with Crippen molar-refractivity contribution in [1.29, 1.82) is 0 Å². The lowest BCUT2D eigenvalue weighted by atomic mass is 9.83. The quantitative estimate of drug-likeness (QED) is 0.865. The molecule has 1 aromatic rings. The van der Waals surface area contributed by atoms with Gasteiger partial charge in [0.05, 0.1) is 22.4 Å². The van der Waals surface area contributed by atoms with Crippen molar-refractivity contribution in [3.63, 3.8) is 0 Å². The molecule has 0 saturated heterocycles. The molecule has 3 rings (SSSR count). The average molecular weight is 340 g/mol. The minimum Gasteiger partial charge on any atom is -0.312 e. The summed E-state index contributed by atoms with van der Waals surface area (Å²) in [6.45, 7) is 4.40. The lowest BCUT2D eigenvalue weighted by Gasteiger charge is -2.28. The van der Waals surface area contributed by atoms with Crippen LogP contribution >= 0.6 is 15.9 Å². The van der Waals surface area contributed by atoms with Crippen LogP contribution in [0.4, 0.5) is 0 Å². The van der Waals surface area contributed by atoms with Crippen molar-refractivity contribution in [3.05, 3.63) is 16.4 Å². The van der Waals surface area contributed by atoms with E-state index in [1.165, 1.54) is 37.8 Å². The summed E-state index contributed by atoms with van der Waals surface area (Å²) in [5.41, 5.74) is 1.32. The summed E-state index contributed by atoms with van der Waals surface area (Å²) >= 11 is 3.69. The van der Waals surface area contributed by atoms with Crippen LogP contribution < -0.4 is 5.32 Å². The Morgan fingerprint density at radius 1 is 1.40 bits per heavy atom. The lowest BCUT2D eigenvalue weighted by Crippen LogP contribution is -2.26. The largest absolute Gasteiger partial charge is 0.312 e. The van der Waals surface area contributed by atoms with E-state index in [0.717, 1.165) is 22.2 Å². The summed E-state index contributed by atoms with van der Waals surface area (Å²) in [5.74, 6) is 2.93. The molecule has 0 aliphatic heterocycles. The molecule has 112 valence electrons. The second-order valence-electron chi connectivity index (χ2n) is 6.93. The Labute approximate surface area is 130 Å². The van der Waals surface area contributed by atoms with Gasteiger partial charge in [-0.25, -0.2) is 0 Å². The third kappa shape index (κ3) is 2.57. The zero-order valence-electron chi connectivity index (χ0n) is 12.8. The topological polar surface area (TPSA) is 29.9 Å². The number of hydrogen-bond acceptors (Lipinski definition) is 2. The zero-order valence-corrected chi connectivity index (χ0v) is 14.4. The Hall–Kier alpha value is -0.350. The van der Waals surface area contributed by atoms with Gasteiger partial charge in [-0.2, -0.15) is 5.10 Å². The standard InChI is InChI=1S/C16H26BrN3/c1-10(2)20-16(14(17)9-19-20)15(18-3)8-13-7-11-4-5-12(13)6-11/h9-13,15,18H,4-8H2,1-3H3. The highest BCUT2D eigenvalue weighted by Gasteiger charge is 2.40. The van der Waals surface area contributed by atoms with Crippen molar-refractivity contribution >= 4 is 15.9 Å². The van der Waals surface area contributed by atoms with Crippen molar-refractivity contribution in [2.45, 2.75) is 58.0 Å². The van der Waals surface area contributed by atoms with E-state index >= 15 is 0 Å². The second kappa shape index (κ2) is 5.80. The molecule has 0 spiro atoms. The molecule has 4 unspecified atom stereocenters. The predicted molar refractivity (Wildman–Crippen MR) is 85.7 cm³/mol. The fourth-order valence-electron chi connectivity index (χ4n) is 4.42. The number of halogens is 1. The van der Waals surface area contributed by atoms with Gasteiger partial charge in [0.2, 0.25) is 0 Å². The molecule has 1 aromatic heterocycles. The Morgan fingerprint density at radius 3 is 2.75 bits per heavy atom. The molecular weight excluding hydrogens is 314 g/mol. The van der Waals surface area contributed by atoms with Gasteiger partial charge in [-0.05, 0) is 80.3 Å². The third-order valence-corrected chi connectivity index (χ3v) is 5.99. The highest BCUT2D eigenvalue weighted by atomic mass is 79.9. The Kier molecular flexibility index (Phi) is 4.23. The minimum absolute atomic E-state index is 0.409. The summed E-state index contributed by atoms with van der Waals surface area (Å²) in [6, 6.07) is 0.825. The summed E-state index contributed by atoms with van der Waals surface area (Å²) in [4.78, 5) is 0. The Balaban J connectivity index is 1.78. The van der Waals surface area contributed by atoms with E-state index in [2.05, 4.69) is 51.9 Å². The molecule has 4 atom stereocenters. The molecule has 2 fully saturated rings. The summed E-state index contributed by atoms with van der Waals surface area (Å²) in [7, 11) is 2.09. The third-order valence-electron chi connectivity index (χ3n) is 5.38. The highest BCUT2D eigenvalue weighted by molar-refractivity contribution is 9.10. The monoisotopic (exact) mass is 339 g/mol. The van der Waals surface area contributed by atoms with Crippen molar-refractivity contribution in [2.75, 3.05) is 7.05 Å². The molecule has 0 amide bonds. The van der Waals surface area contributed by atoms with E-state index in [1.54, 1.807) is 0 Å². The van der Waals surface area contributed by atoms with E-state index in [1.807, 2.05) is 6.20 Å². The molecule has 1 N–H and O–H groups in total. The number of aromatic nitrogens is 2. The molecule has 2 saturated carbocycles. The first kappa shape index (κ1) is 14.6. The van der Waals surface area contributed by atoms with Crippen LogP contribution in [0.1, 0.15) is 63.7 Å².